The molecule has 0 aromatic heterocycles. The Hall–Kier alpha value is -3.45. The predicted octanol–water partition coefficient (Wildman–Crippen LogP) is 3.37. The van der Waals surface area contributed by atoms with Gasteiger partial charge in [0, 0.05) is 18.7 Å². The molecule has 1 atom stereocenters. The number of hydrogen-bond acceptors (Lipinski definition) is 5. The lowest BCUT2D eigenvalue weighted by molar-refractivity contribution is -0.140. The molecular weight excluding hydrogens is 399 g/mol. The molecule has 7 heteroatoms. The molecule has 31 heavy (non-hydrogen) atoms. The Morgan fingerprint density at radius 1 is 1.16 bits per heavy atom. The third kappa shape index (κ3) is 4.83. The number of likely N-dealkylation sites (N-methyl/N-ethyl adjacent to an activating group) is 1. The van der Waals surface area contributed by atoms with E-state index in [0.29, 0.717) is 30.0 Å². The Bertz CT molecular complexity index is 997. The van der Waals surface area contributed by atoms with Crippen molar-refractivity contribution >= 4 is 17.4 Å². The van der Waals surface area contributed by atoms with E-state index in [9.17, 15) is 19.1 Å². The van der Waals surface area contributed by atoms with E-state index in [1.165, 1.54) is 29.2 Å². The first-order valence-electron chi connectivity index (χ1n) is 9.86. The summed E-state index contributed by atoms with van der Waals surface area (Å²) < 4.78 is 18.9. The van der Waals surface area contributed by atoms with Gasteiger partial charge in [-0.3, -0.25) is 9.59 Å². The van der Waals surface area contributed by atoms with Crippen molar-refractivity contribution in [2.24, 2.45) is 0 Å². The SMILES string of the molecule is C=CCOc1ccc(C(O)=C2C(=O)C(=O)N(CCN(C)C)[C@H]2c2ccc(F)cc2)cc1. The van der Waals surface area contributed by atoms with Crippen molar-refractivity contribution in [3.05, 3.63) is 83.7 Å². The van der Waals surface area contributed by atoms with Crippen LogP contribution in [0, 0.1) is 5.82 Å². The monoisotopic (exact) mass is 424 g/mol. The molecule has 1 heterocycles. The lowest BCUT2D eigenvalue weighted by atomic mass is 9.95. The minimum atomic E-state index is -0.808. The summed E-state index contributed by atoms with van der Waals surface area (Å²) in [5.74, 6) is -1.58. The van der Waals surface area contributed by atoms with Crippen LogP contribution in [0.15, 0.2) is 66.8 Å². The minimum absolute atomic E-state index is 0.0184. The number of hydrogen-bond donors (Lipinski definition) is 1. The predicted molar refractivity (Wildman–Crippen MR) is 116 cm³/mol. The Balaban J connectivity index is 2.05. The number of rotatable bonds is 8. The van der Waals surface area contributed by atoms with Crippen molar-refractivity contribution in [2.75, 3.05) is 33.8 Å². The highest BCUT2D eigenvalue weighted by atomic mass is 19.1. The van der Waals surface area contributed by atoms with Crippen LogP contribution in [-0.4, -0.2) is 60.4 Å². The number of benzene rings is 2. The van der Waals surface area contributed by atoms with E-state index in [1.807, 2.05) is 19.0 Å². The summed E-state index contributed by atoms with van der Waals surface area (Å²) in [5.41, 5.74) is 0.908. The van der Waals surface area contributed by atoms with Crippen LogP contribution in [0.1, 0.15) is 17.2 Å². The second-order valence-corrected chi connectivity index (χ2v) is 7.47. The first-order valence-corrected chi connectivity index (χ1v) is 9.86. The molecule has 0 radical (unpaired) electrons. The molecule has 1 aliphatic rings. The molecule has 1 N–H and O–H groups in total. The topological polar surface area (TPSA) is 70.1 Å². The smallest absolute Gasteiger partial charge is 0.295 e. The van der Waals surface area contributed by atoms with Crippen molar-refractivity contribution in [2.45, 2.75) is 6.04 Å². The average Bonchev–Trinajstić information content (AvgIpc) is 3.01. The number of likely N-dealkylation sites (tertiary alicyclic amines) is 1. The zero-order valence-electron chi connectivity index (χ0n) is 17.5. The molecule has 0 unspecified atom stereocenters. The van der Waals surface area contributed by atoms with Gasteiger partial charge in [-0.2, -0.15) is 0 Å². The van der Waals surface area contributed by atoms with Gasteiger partial charge < -0.3 is 19.6 Å². The zero-order valence-corrected chi connectivity index (χ0v) is 17.5. The lowest BCUT2D eigenvalue weighted by Crippen LogP contribution is -2.35. The molecule has 1 aliphatic heterocycles. The third-order valence-corrected chi connectivity index (χ3v) is 5.01. The lowest BCUT2D eigenvalue weighted by Gasteiger charge is -2.26. The summed E-state index contributed by atoms with van der Waals surface area (Å²) in [6, 6.07) is 11.3. The summed E-state index contributed by atoms with van der Waals surface area (Å²) in [6.45, 7) is 4.74. The number of aliphatic hydroxyl groups excluding tert-OH is 1. The van der Waals surface area contributed by atoms with E-state index >= 15 is 0 Å². The molecule has 162 valence electrons. The molecule has 3 rings (SSSR count). The molecule has 1 fully saturated rings. The Kier molecular flexibility index (Phi) is 6.87. The maximum Gasteiger partial charge on any atom is 0.295 e. The fourth-order valence-electron chi connectivity index (χ4n) is 3.43. The summed E-state index contributed by atoms with van der Waals surface area (Å²) in [4.78, 5) is 29.0. The van der Waals surface area contributed by atoms with Crippen LogP contribution < -0.4 is 4.74 Å². The van der Waals surface area contributed by atoms with Crippen molar-refractivity contribution < 1.29 is 23.8 Å². The summed E-state index contributed by atoms with van der Waals surface area (Å²) >= 11 is 0. The number of nitrogens with zero attached hydrogens (tertiary/aromatic N) is 2. The molecule has 1 saturated heterocycles. The highest BCUT2D eigenvalue weighted by Crippen LogP contribution is 2.39. The van der Waals surface area contributed by atoms with Gasteiger partial charge in [-0.25, -0.2) is 4.39 Å². The number of aliphatic hydroxyl groups is 1. The van der Waals surface area contributed by atoms with E-state index in [2.05, 4.69) is 6.58 Å². The number of halogens is 1. The Labute approximate surface area is 180 Å². The maximum absolute atomic E-state index is 13.5. The summed E-state index contributed by atoms with van der Waals surface area (Å²) in [7, 11) is 3.72. The fraction of sp³-hybridized carbons (Fsp3) is 0.250. The van der Waals surface area contributed by atoms with Gasteiger partial charge in [0.05, 0.1) is 11.6 Å². The van der Waals surface area contributed by atoms with Crippen LogP contribution in [0.4, 0.5) is 4.39 Å². The second kappa shape index (κ2) is 9.57. The number of ether oxygens (including phenoxy) is 1. The van der Waals surface area contributed by atoms with Crippen LogP contribution in [0.3, 0.4) is 0 Å². The van der Waals surface area contributed by atoms with Gasteiger partial charge in [-0.1, -0.05) is 24.8 Å². The van der Waals surface area contributed by atoms with Gasteiger partial charge in [0.2, 0.25) is 0 Å². The molecule has 0 aliphatic carbocycles. The van der Waals surface area contributed by atoms with Gasteiger partial charge in [0.1, 0.15) is 23.9 Å². The summed E-state index contributed by atoms with van der Waals surface area (Å²) in [6.07, 6.45) is 1.62. The number of amides is 1. The highest BCUT2D eigenvalue weighted by Gasteiger charge is 2.45. The quantitative estimate of drug-likeness (QED) is 0.305. The minimum Gasteiger partial charge on any atom is -0.507 e. The van der Waals surface area contributed by atoms with Crippen LogP contribution in [0.5, 0.6) is 5.75 Å². The van der Waals surface area contributed by atoms with Crippen LogP contribution in [0.25, 0.3) is 5.76 Å². The zero-order chi connectivity index (χ0) is 22.5. The number of Topliss-reactive ketones (excluding diaryl/α,β-unsaturated/α-hetero) is 1. The van der Waals surface area contributed by atoms with Gasteiger partial charge in [-0.05, 0) is 56.1 Å². The Morgan fingerprint density at radius 2 is 1.81 bits per heavy atom. The molecule has 0 spiro atoms. The highest BCUT2D eigenvalue weighted by molar-refractivity contribution is 6.46. The third-order valence-electron chi connectivity index (χ3n) is 5.01. The molecule has 0 saturated carbocycles. The van der Waals surface area contributed by atoms with Crippen LogP contribution in [0.2, 0.25) is 0 Å². The van der Waals surface area contributed by atoms with Crippen molar-refractivity contribution in [1.82, 2.24) is 9.80 Å². The Morgan fingerprint density at radius 3 is 2.39 bits per heavy atom. The molecule has 1 amide bonds. The van der Waals surface area contributed by atoms with Crippen molar-refractivity contribution in [3.63, 3.8) is 0 Å². The van der Waals surface area contributed by atoms with Gasteiger partial charge in [0.25, 0.3) is 11.7 Å². The van der Waals surface area contributed by atoms with Gasteiger partial charge in [0.15, 0.2) is 0 Å². The number of carbonyl (C=O) groups is 2. The van der Waals surface area contributed by atoms with Crippen LogP contribution >= 0.6 is 0 Å². The molecule has 2 aromatic carbocycles. The van der Waals surface area contributed by atoms with Gasteiger partial charge in [-0.15, -0.1) is 0 Å². The van der Waals surface area contributed by atoms with E-state index < -0.39 is 23.5 Å². The van der Waals surface area contributed by atoms with E-state index in [4.69, 9.17) is 4.74 Å². The van der Waals surface area contributed by atoms with Crippen molar-refractivity contribution in [3.8, 4) is 5.75 Å². The van der Waals surface area contributed by atoms with E-state index in [0.717, 1.165) is 0 Å². The molecule has 0 bridgehead atoms. The fourth-order valence-corrected chi connectivity index (χ4v) is 3.43. The largest absolute Gasteiger partial charge is 0.507 e. The summed E-state index contributed by atoms with van der Waals surface area (Å²) in [5, 5.41) is 11.0. The van der Waals surface area contributed by atoms with E-state index in [-0.39, 0.29) is 17.9 Å². The normalized spacial score (nSPS) is 17.9. The first-order chi connectivity index (χ1) is 14.8. The average molecular weight is 424 g/mol. The van der Waals surface area contributed by atoms with Gasteiger partial charge >= 0.3 is 0 Å². The van der Waals surface area contributed by atoms with Crippen molar-refractivity contribution in [1.29, 1.82) is 0 Å². The van der Waals surface area contributed by atoms with Crippen LogP contribution in [-0.2, 0) is 9.59 Å². The maximum atomic E-state index is 13.5. The molecular formula is C24H25FN2O4. The van der Waals surface area contributed by atoms with E-state index in [1.54, 1.807) is 30.3 Å². The number of carbonyl (C=O) groups excluding carboxylic acids is 2. The standard InChI is InChI=1S/C24H25FN2O4/c1-4-15-31-19-11-7-17(8-12-19)22(28)20-21(16-5-9-18(25)10-6-16)27(14-13-26(2)3)24(30)23(20)29/h4-12,21,28H,1,13-15H2,2-3H3/t21-/m0/s1. The first kappa shape index (κ1) is 22.2. The number of ketones is 1. The molecule has 2 aromatic rings. The second-order valence-electron chi connectivity index (χ2n) is 7.47. The molecule has 6 nitrogen and oxygen atoms in total.